The summed E-state index contributed by atoms with van der Waals surface area (Å²) in [5.41, 5.74) is 0.293. The zero-order chi connectivity index (χ0) is 18.6. The van der Waals surface area contributed by atoms with Gasteiger partial charge in [0, 0.05) is 20.1 Å². The fourth-order valence-electron chi connectivity index (χ4n) is 3.44. The summed E-state index contributed by atoms with van der Waals surface area (Å²) >= 11 is 0. The maximum absolute atomic E-state index is 13.0. The number of hydrogen-bond acceptors (Lipinski definition) is 6. The van der Waals surface area contributed by atoms with Crippen LogP contribution >= 0.6 is 0 Å². The molecule has 1 N–H and O–H groups in total. The summed E-state index contributed by atoms with van der Waals surface area (Å²) < 4.78 is 1.64. The molecule has 0 aliphatic carbocycles. The molecule has 0 saturated carbocycles. The Bertz CT molecular complexity index is 712. The predicted molar refractivity (Wildman–Crippen MR) is 98.5 cm³/mol. The molecule has 3 rings (SSSR count). The molecule has 0 bridgehead atoms. The normalized spacial score (nSPS) is 18.4. The molecule has 0 spiro atoms. The summed E-state index contributed by atoms with van der Waals surface area (Å²) in [6.45, 7) is 5.35. The number of carbonyl (C=O) groups is 1. The number of likely N-dealkylation sites (tertiary alicyclic amines) is 1. The van der Waals surface area contributed by atoms with E-state index >= 15 is 0 Å². The fraction of sp³-hybridized carbons (Fsp3) is 0.611. The second-order valence-electron chi connectivity index (χ2n) is 7.34. The van der Waals surface area contributed by atoms with E-state index in [1.165, 1.54) is 6.33 Å². The molecule has 0 unspecified atom stereocenters. The van der Waals surface area contributed by atoms with Gasteiger partial charge in [-0.2, -0.15) is 5.10 Å². The lowest BCUT2D eigenvalue weighted by Gasteiger charge is -2.31. The largest absolute Gasteiger partial charge is 0.372 e. The van der Waals surface area contributed by atoms with Crippen LogP contribution in [0.4, 0.5) is 5.82 Å². The maximum Gasteiger partial charge on any atom is 0.250 e. The van der Waals surface area contributed by atoms with Gasteiger partial charge < -0.3 is 10.2 Å². The van der Waals surface area contributed by atoms with Gasteiger partial charge in [-0.25, -0.2) is 14.6 Å². The van der Waals surface area contributed by atoms with Gasteiger partial charge in [0.2, 0.25) is 5.91 Å². The third-order valence-electron chi connectivity index (χ3n) is 5.11. The zero-order valence-electron chi connectivity index (χ0n) is 15.7. The molecule has 1 aliphatic heterocycles. The Hall–Kier alpha value is -2.51. The number of aromatic nitrogens is 5. The highest BCUT2D eigenvalue weighted by Gasteiger charge is 2.35. The molecule has 1 saturated heterocycles. The van der Waals surface area contributed by atoms with Gasteiger partial charge >= 0.3 is 0 Å². The first-order valence-corrected chi connectivity index (χ1v) is 9.14. The van der Waals surface area contributed by atoms with E-state index in [-0.39, 0.29) is 5.91 Å². The Morgan fingerprint density at radius 3 is 2.77 bits per heavy atom. The van der Waals surface area contributed by atoms with Crippen molar-refractivity contribution in [2.45, 2.75) is 45.1 Å². The van der Waals surface area contributed by atoms with Crippen LogP contribution < -0.4 is 5.32 Å². The lowest BCUT2D eigenvalue weighted by molar-refractivity contribution is -0.139. The number of rotatable bonds is 5. The van der Waals surface area contributed by atoms with Crippen molar-refractivity contribution in [1.29, 1.82) is 0 Å². The first-order chi connectivity index (χ1) is 12.5. The zero-order valence-corrected chi connectivity index (χ0v) is 15.7. The molecule has 1 amide bonds. The SMILES string of the molecule is CNc1cnc(C[C@@H]2CCCN(C(=O)C(C)(C)n3cncn3)CC2)cn1. The van der Waals surface area contributed by atoms with Crippen molar-refractivity contribution in [1.82, 2.24) is 29.6 Å². The predicted octanol–water partition coefficient (Wildman–Crippen LogP) is 1.72. The fourth-order valence-corrected chi connectivity index (χ4v) is 3.44. The van der Waals surface area contributed by atoms with Gasteiger partial charge in [0.15, 0.2) is 0 Å². The number of hydrogen-bond donors (Lipinski definition) is 1. The van der Waals surface area contributed by atoms with Gasteiger partial charge in [-0.05, 0) is 45.4 Å². The highest BCUT2D eigenvalue weighted by atomic mass is 16.2. The second kappa shape index (κ2) is 7.80. The van der Waals surface area contributed by atoms with Crippen LogP contribution in [0.1, 0.15) is 38.8 Å². The summed E-state index contributed by atoms with van der Waals surface area (Å²) in [4.78, 5) is 27.8. The summed E-state index contributed by atoms with van der Waals surface area (Å²) in [6.07, 6.45) is 10.7. The first-order valence-electron chi connectivity index (χ1n) is 9.14. The average Bonchev–Trinajstić information content (AvgIpc) is 3.10. The Morgan fingerprint density at radius 1 is 1.27 bits per heavy atom. The minimum Gasteiger partial charge on any atom is -0.372 e. The minimum absolute atomic E-state index is 0.0989. The molecule has 1 fully saturated rings. The van der Waals surface area contributed by atoms with Crippen molar-refractivity contribution >= 4 is 11.7 Å². The maximum atomic E-state index is 13.0. The standard InChI is InChI=1S/C18H27N7O/c1-18(2,25-13-20-12-23-25)17(26)24-7-4-5-14(6-8-24)9-15-10-22-16(19-3)11-21-15/h10-14H,4-9H2,1-3H3,(H,19,22)/t14-/m1/s1. The van der Waals surface area contributed by atoms with E-state index in [9.17, 15) is 4.79 Å². The van der Waals surface area contributed by atoms with E-state index in [1.807, 2.05) is 32.0 Å². The molecule has 8 nitrogen and oxygen atoms in total. The molecular formula is C18H27N7O. The van der Waals surface area contributed by atoms with E-state index in [0.29, 0.717) is 5.92 Å². The molecule has 140 valence electrons. The van der Waals surface area contributed by atoms with Gasteiger partial charge in [0.05, 0.1) is 18.1 Å². The molecule has 3 heterocycles. The van der Waals surface area contributed by atoms with Crippen molar-refractivity contribution in [3.63, 3.8) is 0 Å². The Balaban J connectivity index is 1.60. The van der Waals surface area contributed by atoms with E-state index in [4.69, 9.17) is 0 Å². The number of carbonyl (C=O) groups excluding carboxylic acids is 1. The Kier molecular flexibility index (Phi) is 5.49. The van der Waals surface area contributed by atoms with Crippen LogP contribution in [-0.2, 0) is 16.8 Å². The van der Waals surface area contributed by atoms with Crippen LogP contribution in [0.5, 0.6) is 0 Å². The molecule has 8 heteroatoms. The second-order valence-corrected chi connectivity index (χ2v) is 7.34. The lowest BCUT2D eigenvalue weighted by atomic mass is 9.95. The van der Waals surface area contributed by atoms with Gasteiger partial charge in [0.1, 0.15) is 24.0 Å². The van der Waals surface area contributed by atoms with Crippen LogP contribution in [0, 0.1) is 5.92 Å². The molecule has 0 aromatic carbocycles. The molecule has 2 aromatic rings. The monoisotopic (exact) mass is 357 g/mol. The third kappa shape index (κ3) is 4.00. The Labute approximate surface area is 154 Å². The average molecular weight is 357 g/mol. The third-order valence-corrected chi connectivity index (χ3v) is 5.11. The molecule has 1 aliphatic rings. The summed E-state index contributed by atoms with van der Waals surface area (Å²) in [6, 6.07) is 0. The highest BCUT2D eigenvalue weighted by Crippen LogP contribution is 2.24. The van der Waals surface area contributed by atoms with Crippen LogP contribution in [0.25, 0.3) is 0 Å². The molecule has 2 aromatic heterocycles. The number of nitrogens with one attached hydrogen (secondary N) is 1. The lowest BCUT2D eigenvalue weighted by Crippen LogP contribution is -2.47. The molecule has 1 atom stereocenters. The van der Waals surface area contributed by atoms with Crippen LogP contribution in [0.15, 0.2) is 25.0 Å². The van der Waals surface area contributed by atoms with E-state index in [2.05, 4.69) is 25.4 Å². The first kappa shape index (κ1) is 18.3. The van der Waals surface area contributed by atoms with Gasteiger partial charge in [-0.3, -0.25) is 9.78 Å². The van der Waals surface area contributed by atoms with Crippen LogP contribution in [0.2, 0.25) is 0 Å². The summed E-state index contributed by atoms with van der Waals surface area (Å²) in [5, 5.41) is 7.13. The van der Waals surface area contributed by atoms with Gasteiger partial charge in [-0.1, -0.05) is 0 Å². The van der Waals surface area contributed by atoms with E-state index in [1.54, 1.807) is 17.2 Å². The molecule has 26 heavy (non-hydrogen) atoms. The van der Waals surface area contributed by atoms with Crippen molar-refractivity contribution < 1.29 is 4.79 Å². The van der Waals surface area contributed by atoms with Crippen LogP contribution in [-0.4, -0.2) is 55.7 Å². The van der Waals surface area contributed by atoms with Gasteiger partial charge in [0.25, 0.3) is 0 Å². The number of nitrogens with zero attached hydrogens (tertiary/aromatic N) is 6. The van der Waals surface area contributed by atoms with Crippen molar-refractivity contribution in [2.75, 3.05) is 25.5 Å². The van der Waals surface area contributed by atoms with Gasteiger partial charge in [-0.15, -0.1) is 0 Å². The molecular weight excluding hydrogens is 330 g/mol. The van der Waals surface area contributed by atoms with E-state index < -0.39 is 5.54 Å². The minimum atomic E-state index is -0.717. The summed E-state index contributed by atoms with van der Waals surface area (Å²) in [5.74, 6) is 1.40. The van der Waals surface area contributed by atoms with Crippen LogP contribution in [0.3, 0.4) is 0 Å². The number of anilines is 1. The Morgan fingerprint density at radius 2 is 2.12 bits per heavy atom. The van der Waals surface area contributed by atoms with Crippen molar-refractivity contribution in [2.24, 2.45) is 5.92 Å². The summed E-state index contributed by atoms with van der Waals surface area (Å²) in [7, 11) is 1.83. The smallest absolute Gasteiger partial charge is 0.250 e. The van der Waals surface area contributed by atoms with Crippen molar-refractivity contribution in [3.8, 4) is 0 Å². The quantitative estimate of drug-likeness (QED) is 0.876. The topological polar surface area (TPSA) is 88.8 Å². The van der Waals surface area contributed by atoms with E-state index in [0.717, 1.165) is 50.3 Å². The highest BCUT2D eigenvalue weighted by molar-refractivity contribution is 5.83. The number of amides is 1. The molecule has 0 radical (unpaired) electrons. The van der Waals surface area contributed by atoms with Crippen molar-refractivity contribution in [3.05, 3.63) is 30.7 Å².